The van der Waals surface area contributed by atoms with Crippen molar-refractivity contribution in [1.82, 2.24) is 5.32 Å². The number of hydrogen-bond acceptors (Lipinski definition) is 2. The van der Waals surface area contributed by atoms with E-state index in [4.69, 9.17) is 0 Å². The fourth-order valence-corrected chi connectivity index (χ4v) is 2.95. The van der Waals surface area contributed by atoms with Crippen molar-refractivity contribution >= 4 is 15.9 Å². The molecule has 0 heterocycles. The molecule has 0 aliphatic heterocycles. The highest BCUT2D eigenvalue weighted by atomic mass is 79.9. The van der Waals surface area contributed by atoms with E-state index >= 15 is 0 Å². The van der Waals surface area contributed by atoms with E-state index in [0.717, 1.165) is 11.0 Å². The molecule has 3 heteroatoms. The van der Waals surface area contributed by atoms with E-state index in [9.17, 15) is 5.11 Å². The molecule has 0 spiro atoms. The van der Waals surface area contributed by atoms with Crippen molar-refractivity contribution in [2.45, 2.75) is 52.1 Å². The van der Waals surface area contributed by atoms with Crippen molar-refractivity contribution in [3.8, 4) is 5.75 Å². The van der Waals surface area contributed by atoms with E-state index in [1.54, 1.807) is 6.07 Å². The van der Waals surface area contributed by atoms with Gasteiger partial charge >= 0.3 is 0 Å². The number of aromatic hydroxyl groups is 1. The van der Waals surface area contributed by atoms with Gasteiger partial charge in [-0.05, 0) is 64.7 Å². The largest absolute Gasteiger partial charge is 0.507 e. The lowest BCUT2D eigenvalue weighted by Crippen LogP contribution is -2.35. The number of phenols is 1. The van der Waals surface area contributed by atoms with Crippen molar-refractivity contribution in [3.05, 3.63) is 28.2 Å². The smallest absolute Gasteiger partial charge is 0.129 e. The van der Waals surface area contributed by atoms with Crippen LogP contribution in [0, 0.1) is 5.41 Å². The highest BCUT2D eigenvalue weighted by Crippen LogP contribution is 2.35. The molecule has 1 aromatic carbocycles. The van der Waals surface area contributed by atoms with Crippen LogP contribution in [0.25, 0.3) is 0 Å². The van der Waals surface area contributed by atoms with Gasteiger partial charge in [-0.3, -0.25) is 0 Å². The summed E-state index contributed by atoms with van der Waals surface area (Å²) in [6.07, 6.45) is 5.16. The lowest BCUT2D eigenvalue weighted by molar-refractivity contribution is 0.206. The quantitative estimate of drug-likeness (QED) is 0.876. The summed E-state index contributed by atoms with van der Waals surface area (Å²) >= 11 is 3.35. The predicted molar refractivity (Wildman–Crippen MR) is 78.7 cm³/mol. The lowest BCUT2D eigenvalue weighted by Gasteiger charge is -2.34. The Labute approximate surface area is 118 Å². The zero-order valence-electron chi connectivity index (χ0n) is 11.2. The second-order valence-corrected chi connectivity index (χ2v) is 6.96. The minimum atomic E-state index is 0.304. The summed E-state index contributed by atoms with van der Waals surface area (Å²) in [6, 6.07) is 6.34. The molecule has 1 aromatic rings. The Morgan fingerprint density at radius 1 is 1.33 bits per heavy atom. The van der Waals surface area contributed by atoms with Crippen LogP contribution in [0.3, 0.4) is 0 Å². The van der Waals surface area contributed by atoms with Crippen molar-refractivity contribution in [1.29, 1.82) is 0 Å². The summed E-state index contributed by atoms with van der Waals surface area (Å²) in [5.74, 6) is 0.304. The Morgan fingerprint density at radius 2 is 2.00 bits per heavy atom. The number of halogens is 1. The predicted octanol–water partition coefficient (Wildman–Crippen LogP) is 4.21. The van der Waals surface area contributed by atoms with Crippen molar-refractivity contribution in [3.63, 3.8) is 0 Å². The minimum Gasteiger partial charge on any atom is -0.507 e. The summed E-state index contributed by atoms with van der Waals surface area (Å²) in [7, 11) is 0. The van der Waals surface area contributed by atoms with E-state index in [2.05, 4.69) is 35.1 Å². The van der Waals surface area contributed by atoms with Gasteiger partial charge in [0.05, 0.1) is 4.47 Å². The molecule has 0 atom stereocenters. The third-order valence-electron chi connectivity index (χ3n) is 3.95. The van der Waals surface area contributed by atoms with Crippen LogP contribution in [0.5, 0.6) is 5.75 Å². The number of benzene rings is 1. The molecule has 0 bridgehead atoms. The Hall–Kier alpha value is -0.540. The first-order chi connectivity index (χ1) is 8.46. The number of nitrogens with one attached hydrogen (secondary N) is 1. The minimum absolute atomic E-state index is 0.304. The molecule has 18 heavy (non-hydrogen) atoms. The third-order valence-corrected chi connectivity index (χ3v) is 4.58. The second kappa shape index (κ2) is 5.62. The molecular weight excluding hydrogens is 290 g/mol. The van der Waals surface area contributed by atoms with E-state index in [1.165, 1.54) is 31.2 Å². The van der Waals surface area contributed by atoms with Crippen LogP contribution in [0.2, 0.25) is 0 Å². The van der Waals surface area contributed by atoms with Crippen LogP contribution in [0.1, 0.15) is 45.1 Å². The second-order valence-electron chi connectivity index (χ2n) is 6.11. The standard InChI is InChI=1S/C15H22BrNO/c1-15(2)7-5-12(6-8-15)17-10-11-3-4-14(18)13(16)9-11/h3-4,9,12,17-18H,5-8,10H2,1-2H3. The van der Waals surface area contributed by atoms with Gasteiger partial charge in [0.1, 0.15) is 5.75 Å². The summed E-state index contributed by atoms with van der Waals surface area (Å²) in [4.78, 5) is 0. The summed E-state index contributed by atoms with van der Waals surface area (Å²) in [5, 5.41) is 13.1. The zero-order chi connectivity index (χ0) is 13.2. The first-order valence-electron chi connectivity index (χ1n) is 6.67. The van der Waals surface area contributed by atoms with Gasteiger partial charge in [0.2, 0.25) is 0 Å². The Balaban J connectivity index is 1.83. The SMILES string of the molecule is CC1(C)CCC(NCc2ccc(O)c(Br)c2)CC1. The van der Waals surface area contributed by atoms with E-state index in [-0.39, 0.29) is 0 Å². The van der Waals surface area contributed by atoms with E-state index in [0.29, 0.717) is 17.2 Å². The van der Waals surface area contributed by atoms with Crippen LogP contribution >= 0.6 is 15.9 Å². The molecule has 0 radical (unpaired) electrons. The Kier molecular flexibility index (Phi) is 4.33. The van der Waals surface area contributed by atoms with Gasteiger partial charge in [0.25, 0.3) is 0 Å². The summed E-state index contributed by atoms with van der Waals surface area (Å²) in [6.45, 7) is 5.60. The number of rotatable bonds is 3. The molecule has 0 aromatic heterocycles. The van der Waals surface area contributed by atoms with Crippen molar-refractivity contribution in [2.24, 2.45) is 5.41 Å². The normalized spacial score (nSPS) is 19.9. The average molecular weight is 312 g/mol. The molecule has 1 aliphatic rings. The molecule has 1 saturated carbocycles. The molecule has 0 unspecified atom stereocenters. The van der Waals surface area contributed by atoms with Crippen LogP contribution in [0.15, 0.2) is 22.7 Å². The van der Waals surface area contributed by atoms with E-state index < -0.39 is 0 Å². The first kappa shape index (κ1) is 13.9. The topological polar surface area (TPSA) is 32.3 Å². The fraction of sp³-hybridized carbons (Fsp3) is 0.600. The Bertz CT molecular complexity index is 407. The molecule has 2 N–H and O–H groups in total. The molecule has 2 nitrogen and oxygen atoms in total. The third kappa shape index (κ3) is 3.72. The fourth-order valence-electron chi connectivity index (χ4n) is 2.53. The van der Waals surface area contributed by atoms with Gasteiger partial charge in [-0.2, -0.15) is 0 Å². The maximum Gasteiger partial charge on any atom is 0.129 e. The van der Waals surface area contributed by atoms with Gasteiger partial charge in [0.15, 0.2) is 0 Å². The molecule has 0 saturated heterocycles. The summed E-state index contributed by atoms with van der Waals surface area (Å²) < 4.78 is 0.770. The highest BCUT2D eigenvalue weighted by molar-refractivity contribution is 9.10. The van der Waals surface area contributed by atoms with Crippen molar-refractivity contribution < 1.29 is 5.11 Å². The number of hydrogen-bond donors (Lipinski definition) is 2. The average Bonchev–Trinajstić information content (AvgIpc) is 2.32. The summed E-state index contributed by atoms with van der Waals surface area (Å²) in [5.41, 5.74) is 1.74. The van der Waals surface area contributed by atoms with Gasteiger partial charge < -0.3 is 10.4 Å². The van der Waals surface area contributed by atoms with Gasteiger partial charge in [0, 0.05) is 12.6 Å². The van der Waals surface area contributed by atoms with E-state index in [1.807, 2.05) is 12.1 Å². The maximum atomic E-state index is 9.45. The Morgan fingerprint density at radius 3 is 2.61 bits per heavy atom. The molecule has 1 fully saturated rings. The molecular formula is C15H22BrNO. The molecule has 1 aliphatic carbocycles. The molecule has 100 valence electrons. The zero-order valence-corrected chi connectivity index (χ0v) is 12.8. The van der Waals surface area contributed by atoms with Crippen LogP contribution < -0.4 is 5.32 Å². The first-order valence-corrected chi connectivity index (χ1v) is 7.46. The molecule has 2 rings (SSSR count). The van der Waals surface area contributed by atoms with Crippen LogP contribution in [-0.4, -0.2) is 11.1 Å². The highest BCUT2D eigenvalue weighted by Gasteiger charge is 2.26. The lowest BCUT2D eigenvalue weighted by atomic mass is 9.75. The van der Waals surface area contributed by atoms with Gasteiger partial charge in [-0.1, -0.05) is 19.9 Å². The van der Waals surface area contributed by atoms with Gasteiger partial charge in [-0.25, -0.2) is 0 Å². The maximum absolute atomic E-state index is 9.45. The van der Waals surface area contributed by atoms with Crippen LogP contribution in [-0.2, 0) is 6.54 Å². The molecule has 0 amide bonds. The van der Waals surface area contributed by atoms with Crippen molar-refractivity contribution in [2.75, 3.05) is 0 Å². The van der Waals surface area contributed by atoms with Crippen LogP contribution in [0.4, 0.5) is 0 Å². The number of phenolic OH excluding ortho intramolecular Hbond substituents is 1. The monoisotopic (exact) mass is 311 g/mol. The van der Waals surface area contributed by atoms with Gasteiger partial charge in [-0.15, -0.1) is 0 Å².